The SMILES string of the molecule is O=C(Cn1nnnc1NC(=O)c1ccc([N+](=O)[O-])cc1)c1ccccc1. The number of hydrogen-bond acceptors (Lipinski definition) is 7. The van der Waals surface area contributed by atoms with Crippen molar-refractivity contribution in [3.63, 3.8) is 0 Å². The summed E-state index contributed by atoms with van der Waals surface area (Å²) in [6, 6.07) is 13.7. The van der Waals surface area contributed by atoms with E-state index in [-0.39, 0.29) is 29.5 Å². The lowest BCUT2D eigenvalue weighted by Gasteiger charge is -2.06. The number of carbonyl (C=O) groups is 2. The van der Waals surface area contributed by atoms with Crippen LogP contribution in [-0.2, 0) is 6.54 Å². The van der Waals surface area contributed by atoms with Gasteiger partial charge in [0.1, 0.15) is 6.54 Å². The zero-order chi connectivity index (χ0) is 18.5. The predicted octanol–water partition coefficient (Wildman–Crippen LogP) is 1.72. The average molecular weight is 352 g/mol. The topological polar surface area (TPSA) is 133 Å². The van der Waals surface area contributed by atoms with Crippen LogP contribution in [0.4, 0.5) is 11.6 Å². The second-order valence-electron chi connectivity index (χ2n) is 5.21. The van der Waals surface area contributed by atoms with Crippen LogP contribution < -0.4 is 5.32 Å². The maximum Gasteiger partial charge on any atom is 0.269 e. The number of amides is 1. The Morgan fingerprint density at radius 3 is 2.38 bits per heavy atom. The van der Waals surface area contributed by atoms with Crippen molar-refractivity contribution in [1.29, 1.82) is 0 Å². The van der Waals surface area contributed by atoms with Crippen LogP contribution in [0.5, 0.6) is 0 Å². The molecule has 10 heteroatoms. The van der Waals surface area contributed by atoms with Crippen LogP contribution in [0.3, 0.4) is 0 Å². The first kappa shape index (κ1) is 16.9. The number of aromatic nitrogens is 4. The number of nitrogens with one attached hydrogen (secondary N) is 1. The zero-order valence-electron chi connectivity index (χ0n) is 13.3. The molecule has 10 nitrogen and oxygen atoms in total. The highest BCUT2D eigenvalue weighted by atomic mass is 16.6. The molecule has 0 saturated heterocycles. The van der Waals surface area contributed by atoms with Gasteiger partial charge in [0.25, 0.3) is 11.6 Å². The molecule has 0 fully saturated rings. The monoisotopic (exact) mass is 352 g/mol. The summed E-state index contributed by atoms with van der Waals surface area (Å²) in [5.74, 6) is -0.774. The summed E-state index contributed by atoms with van der Waals surface area (Å²) in [6.07, 6.45) is 0. The van der Waals surface area contributed by atoms with Crippen LogP contribution in [0.25, 0.3) is 0 Å². The largest absolute Gasteiger partial charge is 0.292 e. The molecule has 0 radical (unpaired) electrons. The Kier molecular flexibility index (Phi) is 4.74. The van der Waals surface area contributed by atoms with E-state index in [1.54, 1.807) is 30.3 Å². The summed E-state index contributed by atoms with van der Waals surface area (Å²) in [5.41, 5.74) is 0.565. The lowest BCUT2D eigenvalue weighted by Crippen LogP contribution is -2.19. The minimum atomic E-state index is -0.558. The van der Waals surface area contributed by atoms with Crippen molar-refractivity contribution in [2.75, 3.05) is 5.32 Å². The number of nitrogens with zero attached hydrogens (tertiary/aromatic N) is 5. The van der Waals surface area contributed by atoms with Crippen LogP contribution in [0.2, 0.25) is 0 Å². The minimum Gasteiger partial charge on any atom is -0.292 e. The maximum absolute atomic E-state index is 12.2. The molecule has 0 aliphatic rings. The van der Waals surface area contributed by atoms with Gasteiger partial charge in [-0.15, -0.1) is 0 Å². The van der Waals surface area contributed by atoms with Gasteiger partial charge < -0.3 is 0 Å². The molecule has 0 aliphatic heterocycles. The standard InChI is InChI=1S/C16H12N6O4/c23-14(11-4-2-1-3-5-11)10-21-16(18-19-20-21)17-15(24)12-6-8-13(9-7-12)22(25)26/h1-9H,10H2,(H,17,18,20,24). The van der Waals surface area contributed by atoms with Crippen LogP contribution in [0.15, 0.2) is 54.6 Å². The van der Waals surface area contributed by atoms with Gasteiger partial charge in [0.2, 0.25) is 5.95 Å². The number of benzene rings is 2. The van der Waals surface area contributed by atoms with Crippen molar-refractivity contribution >= 4 is 23.3 Å². The van der Waals surface area contributed by atoms with Crippen molar-refractivity contribution in [3.05, 3.63) is 75.8 Å². The fourth-order valence-electron chi connectivity index (χ4n) is 2.16. The van der Waals surface area contributed by atoms with Crippen molar-refractivity contribution in [2.45, 2.75) is 6.54 Å². The molecule has 3 aromatic rings. The van der Waals surface area contributed by atoms with Crippen LogP contribution in [0.1, 0.15) is 20.7 Å². The highest BCUT2D eigenvalue weighted by molar-refractivity contribution is 6.03. The predicted molar refractivity (Wildman–Crippen MR) is 89.6 cm³/mol. The average Bonchev–Trinajstić information content (AvgIpc) is 3.09. The number of nitro benzene ring substituents is 1. The summed E-state index contributed by atoms with van der Waals surface area (Å²) in [7, 11) is 0. The number of hydrogen-bond donors (Lipinski definition) is 1. The quantitative estimate of drug-likeness (QED) is 0.405. The third-order valence-electron chi connectivity index (χ3n) is 3.49. The Labute approximate surface area is 146 Å². The fourth-order valence-corrected chi connectivity index (χ4v) is 2.16. The molecular formula is C16H12N6O4. The van der Waals surface area contributed by atoms with Gasteiger partial charge in [0.15, 0.2) is 5.78 Å². The van der Waals surface area contributed by atoms with E-state index in [0.29, 0.717) is 5.56 Å². The number of rotatable bonds is 6. The van der Waals surface area contributed by atoms with Gasteiger partial charge >= 0.3 is 0 Å². The first-order chi connectivity index (χ1) is 12.5. The van der Waals surface area contributed by atoms with Crippen molar-refractivity contribution in [1.82, 2.24) is 20.2 Å². The summed E-state index contributed by atoms with van der Waals surface area (Å²) >= 11 is 0. The molecule has 0 unspecified atom stereocenters. The molecule has 0 atom stereocenters. The van der Waals surface area contributed by atoms with E-state index in [2.05, 4.69) is 20.8 Å². The van der Waals surface area contributed by atoms with Crippen molar-refractivity contribution in [3.8, 4) is 0 Å². The number of anilines is 1. The summed E-state index contributed by atoms with van der Waals surface area (Å²) < 4.78 is 1.17. The molecule has 2 aromatic carbocycles. The second kappa shape index (κ2) is 7.30. The maximum atomic E-state index is 12.2. The smallest absolute Gasteiger partial charge is 0.269 e. The first-order valence-corrected chi connectivity index (χ1v) is 7.45. The van der Waals surface area contributed by atoms with Crippen LogP contribution in [0, 0.1) is 10.1 Å². The van der Waals surface area contributed by atoms with Crippen LogP contribution >= 0.6 is 0 Å². The van der Waals surface area contributed by atoms with Gasteiger partial charge in [-0.2, -0.15) is 0 Å². The molecule has 130 valence electrons. The summed E-state index contributed by atoms with van der Waals surface area (Å²) in [6.45, 7) is -0.146. The third-order valence-corrected chi connectivity index (χ3v) is 3.49. The lowest BCUT2D eigenvalue weighted by atomic mass is 10.1. The lowest BCUT2D eigenvalue weighted by molar-refractivity contribution is -0.384. The van der Waals surface area contributed by atoms with E-state index < -0.39 is 10.8 Å². The Bertz CT molecular complexity index is 952. The summed E-state index contributed by atoms with van der Waals surface area (Å²) in [5, 5.41) is 24.0. The van der Waals surface area contributed by atoms with Gasteiger partial charge in [-0.25, -0.2) is 4.68 Å². The van der Waals surface area contributed by atoms with Gasteiger partial charge in [-0.1, -0.05) is 35.4 Å². The number of Topliss-reactive ketones (excluding diaryl/α,β-unsaturated/α-hetero) is 1. The molecule has 1 N–H and O–H groups in total. The molecule has 0 saturated carbocycles. The van der Waals surface area contributed by atoms with Gasteiger partial charge in [0.05, 0.1) is 4.92 Å². The molecule has 1 heterocycles. The molecule has 3 rings (SSSR count). The molecular weight excluding hydrogens is 340 g/mol. The minimum absolute atomic E-state index is 0.00219. The Hall–Kier alpha value is -3.95. The first-order valence-electron chi connectivity index (χ1n) is 7.45. The van der Waals surface area contributed by atoms with Gasteiger partial charge in [-0.3, -0.25) is 25.0 Å². The number of tetrazole rings is 1. The zero-order valence-corrected chi connectivity index (χ0v) is 13.3. The normalized spacial score (nSPS) is 10.3. The van der Waals surface area contributed by atoms with E-state index in [1.807, 2.05) is 0 Å². The van der Waals surface area contributed by atoms with E-state index in [4.69, 9.17) is 0 Å². The highest BCUT2D eigenvalue weighted by Crippen LogP contribution is 2.13. The van der Waals surface area contributed by atoms with E-state index in [1.165, 1.54) is 28.9 Å². The molecule has 0 aliphatic carbocycles. The third kappa shape index (κ3) is 3.75. The molecule has 1 amide bonds. The molecule has 26 heavy (non-hydrogen) atoms. The Morgan fingerprint density at radius 2 is 1.73 bits per heavy atom. The summed E-state index contributed by atoms with van der Waals surface area (Å²) in [4.78, 5) is 34.5. The van der Waals surface area contributed by atoms with E-state index >= 15 is 0 Å². The number of ketones is 1. The van der Waals surface area contributed by atoms with Crippen molar-refractivity contribution in [2.24, 2.45) is 0 Å². The van der Waals surface area contributed by atoms with Gasteiger partial charge in [-0.05, 0) is 22.6 Å². The fraction of sp³-hybridized carbons (Fsp3) is 0.0625. The second-order valence-corrected chi connectivity index (χ2v) is 5.21. The Balaban J connectivity index is 1.71. The Morgan fingerprint density at radius 1 is 1.04 bits per heavy atom. The number of nitro groups is 1. The number of non-ortho nitro benzene ring substituents is 1. The molecule has 1 aromatic heterocycles. The number of carbonyl (C=O) groups excluding carboxylic acids is 2. The molecule has 0 bridgehead atoms. The van der Waals surface area contributed by atoms with Crippen LogP contribution in [-0.4, -0.2) is 36.8 Å². The molecule has 0 spiro atoms. The van der Waals surface area contributed by atoms with Gasteiger partial charge in [0, 0.05) is 23.3 Å². The van der Waals surface area contributed by atoms with E-state index in [0.717, 1.165) is 0 Å². The van der Waals surface area contributed by atoms with E-state index in [9.17, 15) is 19.7 Å². The van der Waals surface area contributed by atoms with Crippen molar-refractivity contribution < 1.29 is 14.5 Å². The highest BCUT2D eigenvalue weighted by Gasteiger charge is 2.16.